The van der Waals surface area contributed by atoms with Crippen molar-refractivity contribution in [3.05, 3.63) is 273 Å². The van der Waals surface area contributed by atoms with Crippen LogP contribution in [0, 0.1) is 63.5 Å². The molecule has 0 atom stereocenters. The van der Waals surface area contributed by atoms with Gasteiger partial charge in [0.15, 0.2) is 36.1 Å². The zero-order valence-electron chi connectivity index (χ0n) is 62.0. The van der Waals surface area contributed by atoms with Crippen LogP contribution in [0.25, 0.3) is 142 Å². The number of pyridine rings is 4. The molecule has 0 unspecified atom stereocenters. The van der Waals surface area contributed by atoms with Crippen LogP contribution >= 0.6 is 0 Å². The van der Waals surface area contributed by atoms with Gasteiger partial charge in [0, 0.05) is 103 Å². The first-order valence-corrected chi connectivity index (χ1v) is 35.4. The van der Waals surface area contributed by atoms with Crippen molar-refractivity contribution in [1.29, 1.82) is 10.5 Å². The van der Waals surface area contributed by atoms with E-state index >= 15 is 0 Å². The topological polar surface area (TPSA) is 124 Å². The minimum absolute atomic E-state index is 0.294. The molecule has 16 rings (SSSR count). The maximum atomic E-state index is 9.79. The molecule has 16 aromatic rings. The summed E-state index contributed by atoms with van der Waals surface area (Å²) in [7, 11) is 8.16. The van der Waals surface area contributed by atoms with Crippen LogP contribution < -0.4 is 18.3 Å². The van der Waals surface area contributed by atoms with Gasteiger partial charge in [0.05, 0.1) is 35.4 Å². The summed E-state index contributed by atoms with van der Waals surface area (Å²) in [5, 5.41) is 27.7. The molecular formula is C92H84N8O4+4. The van der Waals surface area contributed by atoms with E-state index in [-0.39, 0.29) is 0 Å². The van der Waals surface area contributed by atoms with Crippen molar-refractivity contribution in [3.8, 4) is 57.2 Å². The van der Waals surface area contributed by atoms with Gasteiger partial charge in [0.25, 0.3) is 0 Å². The van der Waals surface area contributed by atoms with Crippen LogP contribution in [0.3, 0.4) is 0 Å². The van der Waals surface area contributed by atoms with Gasteiger partial charge in [-0.05, 0) is 199 Å². The molecule has 8 heterocycles. The predicted molar refractivity (Wildman–Crippen MR) is 419 cm³/mol. The monoisotopic (exact) mass is 1360 g/mol. The number of fused-ring (bicyclic) bond motifs is 12. The number of hydrogen-bond acceptors (Lipinski definition) is 6. The summed E-state index contributed by atoms with van der Waals surface area (Å²) in [6.45, 7) is 40.8. The van der Waals surface area contributed by atoms with Gasteiger partial charge in [0.2, 0.25) is 28.5 Å². The fourth-order valence-electron chi connectivity index (χ4n) is 14.5. The summed E-state index contributed by atoms with van der Waals surface area (Å²) in [4.78, 5) is 7.57. The molecule has 8 aromatic carbocycles. The summed E-state index contributed by atoms with van der Waals surface area (Å²) >= 11 is 0. The number of aryl methyl sites for hydroxylation is 8. The molecule has 0 saturated carbocycles. The van der Waals surface area contributed by atoms with Gasteiger partial charge < -0.3 is 17.7 Å². The summed E-state index contributed by atoms with van der Waals surface area (Å²) in [6.07, 6.45) is 8.16. The Morgan fingerprint density at radius 3 is 1.35 bits per heavy atom. The molecule has 0 fully saturated rings. The first-order valence-electron chi connectivity index (χ1n) is 35.4. The molecule has 0 saturated heterocycles. The molecule has 12 nitrogen and oxygen atoms in total. The Labute approximate surface area is 607 Å². The van der Waals surface area contributed by atoms with E-state index in [1.165, 1.54) is 33.5 Å². The fourth-order valence-corrected chi connectivity index (χ4v) is 14.5. The summed E-state index contributed by atoms with van der Waals surface area (Å²) in [5.41, 5.74) is 27.0. The van der Waals surface area contributed by atoms with Crippen LogP contribution in [0.4, 0.5) is 11.4 Å². The van der Waals surface area contributed by atoms with E-state index in [4.69, 9.17) is 30.8 Å². The van der Waals surface area contributed by atoms with Crippen molar-refractivity contribution in [3.63, 3.8) is 0 Å². The van der Waals surface area contributed by atoms with Crippen LogP contribution in [0.5, 0.6) is 0 Å². The van der Waals surface area contributed by atoms with Crippen molar-refractivity contribution < 1.29 is 35.9 Å². The molecule has 0 radical (unpaired) electrons. The second-order valence-corrected chi connectivity index (χ2v) is 28.6. The minimum Gasteiger partial charge on any atom is -0.467 e. The lowest BCUT2D eigenvalue weighted by atomic mass is 9.93. The van der Waals surface area contributed by atoms with Crippen molar-refractivity contribution in [2.45, 2.75) is 107 Å². The number of aromatic nitrogens is 4. The quantitative estimate of drug-likeness (QED) is 0.110. The summed E-state index contributed by atoms with van der Waals surface area (Å²) < 4.78 is 32.8. The van der Waals surface area contributed by atoms with E-state index < -0.39 is 0 Å². The molecule has 8 aromatic heterocycles. The van der Waals surface area contributed by atoms with Gasteiger partial charge in [-0.25, -0.2) is 28.0 Å². The molecule has 104 heavy (non-hydrogen) atoms. The zero-order valence-corrected chi connectivity index (χ0v) is 62.0. The second kappa shape index (κ2) is 28.5. The van der Waals surface area contributed by atoms with Gasteiger partial charge in [-0.15, -0.1) is 0 Å². The highest BCUT2D eigenvalue weighted by atomic mass is 16.3. The second-order valence-electron chi connectivity index (χ2n) is 28.6. The zero-order chi connectivity index (χ0) is 73.7. The Bertz CT molecular complexity index is 6300. The van der Waals surface area contributed by atoms with E-state index in [0.29, 0.717) is 51.8 Å². The maximum absolute atomic E-state index is 9.79. The van der Waals surface area contributed by atoms with Crippen molar-refractivity contribution in [2.75, 3.05) is 0 Å². The van der Waals surface area contributed by atoms with E-state index in [9.17, 15) is 10.5 Å². The Hall–Kier alpha value is -12.5. The number of benzene rings is 8. The lowest BCUT2D eigenvalue weighted by Crippen LogP contribution is -2.30. The van der Waals surface area contributed by atoms with E-state index in [1.807, 2.05) is 104 Å². The third-order valence-electron chi connectivity index (χ3n) is 20.2. The summed E-state index contributed by atoms with van der Waals surface area (Å²) in [6, 6.07) is 62.8. The third kappa shape index (κ3) is 12.9. The molecular weight excluding hydrogens is 1280 g/mol. The molecule has 0 aliphatic carbocycles. The Balaban J connectivity index is 0.000000123. The molecule has 0 spiro atoms. The molecule has 12 heteroatoms. The first kappa shape index (κ1) is 70.0. The molecule has 0 amide bonds. The van der Waals surface area contributed by atoms with Crippen LogP contribution in [-0.4, -0.2) is 0 Å². The normalized spacial score (nSPS) is 11.4. The van der Waals surface area contributed by atoms with Crippen LogP contribution in [0.2, 0.25) is 0 Å². The molecule has 0 N–H and O–H groups in total. The highest BCUT2D eigenvalue weighted by Gasteiger charge is 2.26. The number of rotatable bonds is 8. The largest absolute Gasteiger partial charge is 0.467 e. The maximum Gasteiger partial charge on any atom is 0.243 e. The lowest BCUT2D eigenvalue weighted by Gasteiger charge is -2.08. The first-order chi connectivity index (χ1) is 50.0. The van der Waals surface area contributed by atoms with Gasteiger partial charge in [-0.1, -0.05) is 73.6 Å². The average Bonchev–Trinajstić information content (AvgIpc) is 1.45. The van der Waals surface area contributed by atoms with E-state index in [0.717, 1.165) is 138 Å². The standard InChI is InChI=1S/4C23H21N2O/c1-14(2)16-9-10-20-17(13-16)18-12-15(3)21(22(24-4)23(18)26-20)19-8-6-7-11-25(19)5;1-14(2)16-11-18-19-12-17(21-8-6-7-9-25(21)5)15(3)10-22(19)26-23(18)13-20(16)24-4;1-14(2)16-8-9-21-23(19(16)13-24)18-11-15(3)17(12-22(18)26-21)20-7-5-6-10-25(20)4;1-14(2)16-10-17(13-24)23-20(11-16)19-12-18(15(3)9-22(19)26-23)21-7-5-6-8-25(21)4/h2*6-14H,1-3,5H3;2*5-12,14H,1-4H3/q4*+1. The number of nitrogens with zero attached hydrogens (tertiary/aromatic N) is 8. The Morgan fingerprint density at radius 1 is 0.365 bits per heavy atom. The number of furan rings is 4. The molecule has 512 valence electrons. The summed E-state index contributed by atoms with van der Waals surface area (Å²) in [5.74, 6) is 1.40. The Kier molecular flexibility index (Phi) is 19.2. The van der Waals surface area contributed by atoms with Gasteiger partial charge in [-0.2, -0.15) is 10.5 Å². The van der Waals surface area contributed by atoms with Crippen molar-refractivity contribution >= 4 is 99.1 Å². The molecule has 0 aliphatic heterocycles. The smallest absolute Gasteiger partial charge is 0.243 e. The minimum atomic E-state index is 0.294. The number of nitriles is 2. The predicted octanol–water partition coefficient (Wildman–Crippen LogP) is 22.9. The van der Waals surface area contributed by atoms with Gasteiger partial charge in [-0.3, -0.25) is 0 Å². The number of hydrogen-bond donors (Lipinski definition) is 0. The van der Waals surface area contributed by atoms with Crippen LogP contribution in [0.15, 0.2) is 212 Å². The lowest BCUT2D eigenvalue weighted by molar-refractivity contribution is -0.660. The van der Waals surface area contributed by atoms with Gasteiger partial charge in [0.1, 0.15) is 79.4 Å². The highest BCUT2D eigenvalue weighted by Crippen LogP contribution is 2.45. The fraction of sp³-hybridized carbons (Fsp3) is 0.217. The molecule has 0 aliphatic rings. The van der Waals surface area contributed by atoms with E-state index in [2.05, 4.69) is 242 Å². The average molecular weight is 1370 g/mol. The van der Waals surface area contributed by atoms with Gasteiger partial charge >= 0.3 is 0 Å². The van der Waals surface area contributed by atoms with Crippen molar-refractivity contribution in [1.82, 2.24) is 0 Å². The molecule has 0 bridgehead atoms. The van der Waals surface area contributed by atoms with E-state index in [1.54, 1.807) is 0 Å². The van der Waals surface area contributed by atoms with Crippen LogP contribution in [-0.2, 0) is 28.2 Å². The van der Waals surface area contributed by atoms with Crippen molar-refractivity contribution in [2.24, 2.45) is 28.2 Å². The van der Waals surface area contributed by atoms with Crippen LogP contribution in [0.1, 0.15) is 135 Å². The Morgan fingerprint density at radius 2 is 0.817 bits per heavy atom. The third-order valence-corrected chi connectivity index (χ3v) is 20.2. The highest BCUT2D eigenvalue weighted by molar-refractivity contribution is 6.14. The SMILES string of the molecule is Cc1cc2c(cc1-c1cccc[n+]1C)oc1ccc(C(C)C)c(C#N)c12.Cc1cc2oc3c(C#N)cc(C(C)C)cc3c2cc1-c1cccc[n+]1C.[C-]#[N+]c1c(-c2cccc[n+]2C)c(C)cc2c1oc1ccc(C(C)C)cc12.[C-]#[N+]c1cc2oc3cc(C)c(-c4cccc[n+]4C)cc3c2cc1C(C)C.